The summed E-state index contributed by atoms with van der Waals surface area (Å²) in [6.45, 7) is 1.81. The van der Waals surface area contributed by atoms with Crippen molar-refractivity contribution in [2.75, 3.05) is 5.32 Å². The number of carbonyl (C=O) groups is 1. The van der Waals surface area contributed by atoms with Crippen molar-refractivity contribution in [2.24, 2.45) is 0 Å². The standard InChI is InChI=1S/C24H14ClN5O5S2/c1-13-2-4-16(10-18(13)25)27-23(31)15(12-26)8-14-3-7-21(20(9-14)30(34)35)36-24-28-19-6-5-17(29(32)33)11-22(19)37-24/h2-11H,1H3,(H,27,31)/b15-8+. The second-order valence-electron chi connectivity index (χ2n) is 7.56. The molecule has 37 heavy (non-hydrogen) atoms. The number of benzene rings is 3. The molecule has 0 fully saturated rings. The molecule has 0 aliphatic carbocycles. The number of anilines is 1. The van der Waals surface area contributed by atoms with E-state index >= 15 is 0 Å². The predicted octanol–water partition coefficient (Wildman–Crippen LogP) is 6.77. The normalized spacial score (nSPS) is 11.2. The third-order valence-electron chi connectivity index (χ3n) is 5.05. The van der Waals surface area contributed by atoms with Crippen LogP contribution in [0.1, 0.15) is 11.1 Å². The fourth-order valence-corrected chi connectivity index (χ4v) is 5.50. The van der Waals surface area contributed by atoms with Gasteiger partial charge in [-0.15, -0.1) is 11.3 Å². The Morgan fingerprint density at radius 3 is 2.59 bits per heavy atom. The first-order chi connectivity index (χ1) is 17.6. The van der Waals surface area contributed by atoms with E-state index in [0.29, 0.717) is 25.3 Å². The van der Waals surface area contributed by atoms with Crippen molar-refractivity contribution in [1.29, 1.82) is 5.26 Å². The number of fused-ring (bicyclic) bond motifs is 1. The predicted molar refractivity (Wildman–Crippen MR) is 142 cm³/mol. The molecule has 1 amide bonds. The Balaban J connectivity index is 1.59. The molecule has 0 aliphatic heterocycles. The number of nitro groups is 2. The summed E-state index contributed by atoms with van der Waals surface area (Å²) in [5.74, 6) is -0.688. The lowest BCUT2D eigenvalue weighted by molar-refractivity contribution is -0.387. The third kappa shape index (κ3) is 5.92. The first-order valence-corrected chi connectivity index (χ1v) is 12.4. The van der Waals surface area contributed by atoms with Crippen LogP contribution in [0.5, 0.6) is 0 Å². The van der Waals surface area contributed by atoms with Crippen molar-refractivity contribution in [3.8, 4) is 6.07 Å². The van der Waals surface area contributed by atoms with Crippen LogP contribution in [0.15, 0.2) is 69.4 Å². The Morgan fingerprint density at radius 2 is 1.92 bits per heavy atom. The lowest BCUT2D eigenvalue weighted by atomic mass is 10.1. The van der Waals surface area contributed by atoms with Gasteiger partial charge < -0.3 is 5.32 Å². The molecule has 1 N–H and O–H groups in total. The lowest BCUT2D eigenvalue weighted by Crippen LogP contribution is -2.13. The van der Waals surface area contributed by atoms with Crippen LogP contribution in [0.3, 0.4) is 0 Å². The molecule has 0 saturated carbocycles. The van der Waals surface area contributed by atoms with Crippen LogP contribution in [-0.4, -0.2) is 20.7 Å². The van der Waals surface area contributed by atoms with Gasteiger partial charge in [-0.1, -0.05) is 35.5 Å². The van der Waals surface area contributed by atoms with Crippen LogP contribution < -0.4 is 5.32 Å². The number of nitro benzene ring substituents is 2. The molecule has 1 heterocycles. The number of hydrogen-bond donors (Lipinski definition) is 1. The van der Waals surface area contributed by atoms with E-state index in [4.69, 9.17) is 11.6 Å². The molecule has 4 rings (SSSR count). The number of rotatable bonds is 7. The maximum atomic E-state index is 12.6. The van der Waals surface area contributed by atoms with Crippen molar-refractivity contribution in [1.82, 2.24) is 4.98 Å². The molecule has 0 saturated heterocycles. The van der Waals surface area contributed by atoms with Crippen LogP contribution >= 0.6 is 34.7 Å². The van der Waals surface area contributed by atoms with E-state index in [1.54, 1.807) is 24.3 Å². The average molecular weight is 552 g/mol. The number of nitriles is 1. The van der Waals surface area contributed by atoms with Crippen molar-refractivity contribution in [3.05, 3.63) is 96.5 Å². The Hall–Kier alpha value is -4.31. The van der Waals surface area contributed by atoms with E-state index in [1.165, 1.54) is 47.7 Å². The summed E-state index contributed by atoms with van der Waals surface area (Å²) in [7, 11) is 0. The lowest BCUT2D eigenvalue weighted by Gasteiger charge is -2.06. The van der Waals surface area contributed by atoms with Crippen molar-refractivity contribution in [2.45, 2.75) is 16.2 Å². The van der Waals surface area contributed by atoms with Gasteiger partial charge in [-0.05, 0) is 48.4 Å². The van der Waals surface area contributed by atoms with Crippen LogP contribution in [-0.2, 0) is 4.79 Å². The zero-order chi connectivity index (χ0) is 26.7. The quantitative estimate of drug-likeness (QED) is 0.114. The minimum Gasteiger partial charge on any atom is -0.321 e. The minimum atomic E-state index is -0.688. The molecule has 0 bridgehead atoms. The largest absolute Gasteiger partial charge is 0.321 e. The number of nitrogens with zero attached hydrogens (tertiary/aromatic N) is 4. The van der Waals surface area contributed by atoms with Crippen LogP contribution in [0.4, 0.5) is 17.1 Å². The first-order valence-electron chi connectivity index (χ1n) is 10.3. The highest BCUT2D eigenvalue weighted by atomic mass is 35.5. The fraction of sp³-hybridized carbons (Fsp3) is 0.0417. The van der Waals surface area contributed by atoms with Gasteiger partial charge in [-0.2, -0.15) is 5.26 Å². The summed E-state index contributed by atoms with van der Waals surface area (Å²) in [5, 5.41) is 35.3. The molecule has 0 atom stereocenters. The summed E-state index contributed by atoms with van der Waals surface area (Å²) in [5.41, 5.74) is 1.49. The van der Waals surface area contributed by atoms with E-state index in [9.17, 15) is 30.3 Å². The molecule has 3 aromatic carbocycles. The van der Waals surface area contributed by atoms with Gasteiger partial charge in [0.25, 0.3) is 17.3 Å². The summed E-state index contributed by atoms with van der Waals surface area (Å²) in [6, 6.07) is 15.3. The van der Waals surface area contributed by atoms with Crippen molar-refractivity contribution < 1.29 is 14.6 Å². The molecule has 0 spiro atoms. The minimum absolute atomic E-state index is 0.0716. The van der Waals surface area contributed by atoms with E-state index in [-0.39, 0.29) is 27.4 Å². The number of carbonyl (C=O) groups excluding carboxylic acids is 1. The number of nitrogens with one attached hydrogen (secondary N) is 1. The third-order valence-corrected chi connectivity index (χ3v) is 7.60. The van der Waals surface area contributed by atoms with Gasteiger partial charge in [0.2, 0.25) is 0 Å². The van der Waals surface area contributed by atoms with Gasteiger partial charge in [0.15, 0.2) is 4.34 Å². The molecule has 0 unspecified atom stereocenters. The van der Waals surface area contributed by atoms with E-state index < -0.39 is 15.8 Å². The van der Waals surface area contributed by atoms with Crippen LogP contribution in [0, 0.1) is 38.5 Å². The average Bonchev–Trinajstić information content (AvgIpc) is 3.26. The number of aromatic nitrogens is 1. The van der Waals surface area contributed by atoms with Gasteiger partial charge in [0, 0.05) is 28.9 Å². The number of hydrogen-bond acceptors (Lipinski definition) is 9. The van der Waals surface area contributed by atoms with Gasteiger partial charge in [0.05, 0.1) is 25.0 Å². The summed E-state index contributed by atoms with van der Waals surface area (Å²) in [4.78, 5) is 39.0. The second-order valence-corrected chi connectivity index (χ2v) is 10.3. The van der Waals surface area contributed by atoms with Gasteiger partial charge in [-0.25, -0.2) is 4.98 Å². The zero-order valence-corrected chi connectivity index (χ0v) is 21.2. The molecule has 184 valence electrons. The molecule has 4 aromatic rings. The zero-order valence-electron chi connectivity index (χ0n) is 18.8. The molecular weight excluding hydrogens is 538 g/mol. The van der Waals surface area contributed by atoms with E-state index in [1.807, 2.05) is 13.0 Å². The van der Waals surface area contributed by atoms with Crippen molar-refractivity contribution >= 4 is 74.0 Å². The SMILES string of the molecule is Cc1ccc(NC(=O)/C(C#N)=C/c2ccc(Sc3nc4ccc([N+](=O)[O-])cc4s3)c([N+](=O)[O-])c2)cc1Cl. The van der Waals surface area contributed by atoms with Gasteiger partial charge in [0.1, 0.15) is 11.6 Å². The maximum Gasteiger partial charge on any atom is 0.283 e. The highest BCUT2D eigenvalue weighted by Gasteiger charge is 2.19. The fourth-order valence-electron chi connectivity index (χ4n) is 3.18. The molecular formula is C24H14ClN5O5S2. The maximum absolute atomic E-state index is 12.6. The summed E-state index contributed by atoms with van der Waals surface area (Å²) < 4.78 is 1.05. The topological polar surface area (TPSA) is 152 Å². The summed E-state index contributed by atoms with van der Waals surface area (Å²) >= 11 is 8.30. The van der Waals surface area contributed by atoms with Gasteiger partial charge >= 0.3 is 0 Å². The van der Waals surface area contributed by atoms with Crippen molar-refractivity contribution in [3.63, 3.8) is 0 Å². The van der Waals surface area contributed by atoms with Crippen LogP contribution in [0.2, 0.25) is 5.02 Å². The van der Waals surface area contributed by atoms with Crippen LogP contribution in [0.25, 0.3) is 16.3 Å². The Labute approximate surface area is 222 Å². The highest BCUT2D eigenvalue weighted by molar-refractivity contribution is 8.01. The second kappa shape index (κ2) is 10.8. The Morgan fingerprint density at radius 1 is 1.14 bits per heavy atom. The van der Waals surface area contributed by atoms with E-state index in [2.05, 4.69) is 10.3 Å². The number of non-ortho nitro benzene ring substituents is 1. The van der Waals surface area contributed by atoms with Gasteiger partial charge in [-0.3, -0.25) is 25.0 Å². The Kier molecular flexibility index (Phi) is 7.49. The summed E-state index contributed by atoms with van der Waals surface area (Å²) in [6.07, 6.45) is 1.25. The first kappa shape index (κ1) is 25.8. The molecule has 10 nitrogen and oxygen atoms in total. The number of halogens is 1. The number of aryl methyl sites for hydroxylation is 1. The molecule has 0 radical (unpaired) electrons. The number of amides is 1. The molecule has 0 aliphatic rings. The molecule has 13 heteroatoms. The highest BCUT2D eigenvalue weighted by Crippen LogP contribution is 2.40. The Bertz CT molecular complexity index is 1660. The number of thiazole rings is 1. The monoisotopic (exact) mass is 551 g/mol. The molecule has 1 aromatic heterocycles. The smallest absolute Gasteiger partial charge is 0.283 e. The van der Waals surface area contributed by atoms with E-state index in [0.717, 1.165) is 17.3 Å².